The molecule has 1 aliphatic rings. The van der Waals surface area contributed by atoms with Crippen LogP contribution in [0.4, 0.5) is 5.69 Å². The second-order valence-electron chi connectivity index (χ2n) is 6.40. The maximum Gasteiger partial charge on any atom is 0.241 e. The van der Waals surface area contributed by atoms with Crippen LogP contribution in [0.1, 0.15) is 57.4 Å². The van der Waals surface area contributed by atoms with Crippen molar-refractivity contribution in [1.29, 1.82) is 0 Å². The quantitative estimate of drug-likeness (QED) is 0.804. The lowest BCUT2D eigenvalue weighted by Crippen LogP contribution is -2.44. The summed E-state index contributed by atoms with van der Waals surface area (Å²) in [5.74, 6) is 0.0339. The van der Waals surface area contributed by atoms with Crippen LogP contribution in [-0.4, -0.2) is 18.0 Å². The van der Waals surface area contributed by atoms with Gasteiger partial charge in [-0.1, -0.05) is 38.2 Å². The molecule has 22 heavy (non-hydrogen) atoms. The number of benzene rings is 1. The number of carbonyl (C=O) groups is 1. The Bertz CT molecular complexity index is 496. The summed E-state index contributed by atoms with van der Waals surface area (Å²) in [6.07, 6.45) is 8.94. The first-order valence-corrected chi connectivity index (χ1v) is 9.18. The second-order valence-corrected chi connectivity index (χ2v) is 7.26. The lowest BCUT2D eigenvalue weighted by atomic mass is 9.96. The molecule has 1 aromatic carbocycles. The number of carbonyl (C=O) groups excluding carboxylic acids is 1. The highest BCUT2D eigenvalue weighted by atomic mass is 79.9. The van der Waals surface area contributed by atoms with Gasteiger partial charge in [0.2, 0.25) is 5.91 Å². The third-order valence-corrected chi connectivity index (χ3v) is 5.02. The number of aryl methyl sites for hydroxylation is 1. The molecule has 1 aromatic rings. The van der Waals surface area contributed by atoms with Crippen molar-refractivity contribution < 1.29 is 4.79 Å². The fourth-order valence-corrected chi connectivity index (χ4v) is 3.61. The fraction of sp³-hybridized carbons (Fsp3) is 0.611. The SMILES string of the molecule is Cc1ccc(NC(=O)[C@@H](C)NC2CCCCCCC2)c(Br)c1. The van der Waals surface area contributed by atoms with Crippen molar-refractivity contribution in [2.24, 2.45) is 0 Å². The summed E-state index contributed by atoms with van der Waals surface area (Å²) >= 11 is 3.51. The van der Waals surface area contributed by atoms with E-state index in [0.29, 0.717) is 6.04 Å². The predicted molar refractivity (Wildman–Crippen MR) is 96.2 cm³/mol. The molecule has 1 saturated carbocycles. The van der Waals surface area contributed by atoms with E-state index in [0.717, 1.165) is 10.2 Å². The van der Waals surface area contributed by atoms with Crippen LogP contribution >= 0.6 is 15.9 Å². The Balaban J connectivity index is 1.88. The van der Waals surface area contributed by atoms with Crippen LogP contribution in [0.5, 0.6) is 0 Å². The van der Waals surface area contributed by atoms with E-state index < -0.39 is 0 Å². The van der Waals surface area contributed by atoms with Gasteiger partial charge in [-0.15, -0.1) is 0 Å². The molecule has 1 atom stereocenters. The summed E-state index contributed by atoms with van der Waals surface area (Å²) in [5, 5.41) is 6.52. The van der Waals surface area contributed by atoms with Crippen molar-refractivity contribution in [3.05, 3.63) is 28.2 Å². The average Bonchev–Trinajstić information content (AvgIpc) is 2.44. The van der Waals surface area contributed by atoms with E-state index in [-0.39, 0.29) is 11.9 Å². The minimum absolute atomic E-state index is 0.0339. The Labute approximate surface area is 142 Å². The maximum atomic E-state index is 12.4. The van der Waals surface area contributed by atoms with E-state index >= 15 is 0 Å². The molecule has 0 unspecified atom stereocenters. The van der Waals surface area contributed by atoms with Crippen molar-refractivity contribution in [3.63, 3.8) is 0 Å². The number of hydrogen-bond donors (Lipinski definition) is 2. The molecule has 2 N–H and O–H groups in total. The number of halogens is 1. The van der Waals surface area contributed by atoms with Gasteiger partial charge in [-0.25, -0.2) is 0 Å². The zero-order chi connectivity index (χ0) is 15.9. The van der Waals surface area contributed by atoms with E-state index in [1.54, 1.807) is 0 Å². The van der Waals surface area contributed by atoms with Gasteiger partial charge in [-0.2, -0.15) is 0 Å². The highest BCUT2D eigenvalue weighted by molar-refractivity contribution is 9.10. The van der Waals surface area contributed by atoms with Gasteiger partial charge in [0.25, 0.3) is 0 Å². The summed E-state index contributed by atoms with van der Waals surface area (Å²) in [6.45, 7) is 3.99. The molecule has 4 heteroatoms. The average molecular weight is 367 g/mol. The van der Waals surface area contributed by atoms with Gasteiger partial charge in [0.05, 0.1) is 11.7 Å². The largest absolute Gasteiger partial charge is 0.324 e. The molecule has 3 nitrogen and oxygen atoms in total. The monoisotopic (exact) mass is 366 g/mol. The highest BCUT2D eigenvalue weighted by Crippen LogP contribution is 2.23. The molecule has 0 spiro atoms. The van der Waals surface area contributed by atoms with Crippen LogP contribution in [0.25, 0.3) is 0 Å². The number of hydrogen-bond acceptors (Lipinski definition) is 2. The van der Waals surface area contributed by atoms with Crippen molar-refractivity contribution in [1.82, 2.24) is 5.32 Å². The molecule has 0 aliphatic heterocycles. The summed E-state index contributed by atoms with van der Waals surface area (Å²) in [6, 6.07) is 6.27. The van der Waals surface area contributed by atoms with Gasteiger partial charge in [-0.05, 0) is 60.3 Å². The third kappa shape index (κ3) is 5.40. The molecule has 0 heterocycles. The number of anilines is 1. The molecule has 0 bridgehead atoms. The highest BCUT2D eigenvalue weighted by Gasteiger charge is 2.19. The van der Waals surface area contributed by atoms with Gasteiger partial charge < -0.3 is 10.6 Å². The molecule has 0 radical (unpaired) electrons. The predicted octanol–water partition coefficient (Wildman–Crippen LogP) is 4.79. The standard InChI is InChI=1S/C18H27BrN2O/c1-13-10-11-17(16(19)12-13)21-18(22)14(2)20-15-8-6-4-3-5-7-9-15/h10-12,14-15,20H,3-9H2,1-2H3,(H,21,22)/t14-/m1/s1. The van der Waals surface area contributed by atoms with Gasteiger partial charge in [0.1, 0.15) is 0 Å². The lowest BCUT2D eigenvalue weighted by Gasteiger charge is -2.24. The van der Waals surface area contributed by atoms with Gasteiger partial charge >= 0.3 is 0 Å². The van der Waals surface area contributed by atoms with Crippen LogP contribution in [0.3, 0.4) is 0 Å². The molecule has 1 fully saturated rings. The Morgan fingerprint density at radius 1 is 1.18 bits per heavy atom. The smallest absolute Gasteiger partial charge is 0.241 e. The zero-order valence-electron chi connectivity index (χ0n) is 13.6. The fourth-order valence-electron chi connectivity index (χ4n) is 3.01. The van der Waals surface area contributed by atoms with E-state index in [2.05, 4.69) is 26.6 Å². The van der Waals surface area contributed by atoms with E-state index in [9.17, 15) is 4.79 Å². The van der Waals surface area contributed by atoms with Gasteiger partial charge in [0.15, 0.2) is 0 Å². The maximum absolute atomic E-state index is 12.4. The Kier molecular flexibility index (Phi) is 6.90. The van der Waals surface area contributed by atoms with E-state index in [1.165, 1.54) is 50.5 Å². The normalized spacial score (nSPS) is 18.3. The van der Waals surface area contributed by atoms with Crippen LogP contribution in [0.2, 0.25) is 0 Å². The number of nitrogens with one attached hydrogen (secondary N) is 2. The first-order chi connectivity index (χ1) is 10.6. The minimum Gasteiger partial charge on any atom is -0.324 e. The topological polar surface area (TPSA) is 41.1 Å². The van der Waals surface area contributed by atoms with Crippen LogP contribution in [0, 0.1) is 6.92 Å². The first kappa shape index (κ1) is 17.5. The molecular formula is C18H27BrN2O. The summed E-state index contributed by atoms with van der Waals surface area (Å²) in [4.78, 5) is 12.4. The molecule has 2 rings (SSSR count). The van der Waals surface area contributed by atoms with Crippen LogP contribution in [0.15, 0.2) is 22.7 Å². The van der Waals surface area contributed by atoms with Crippen molar-refractivity contribution in [2.45, 2.75) is 70.9 Å². The van der Waals surface area contributed by atoms with Gasteiger partial charge in [0, 0.05) is 10.5 Å². The zero-order valence-corrected chi connectivity index (χ0v) is 15.2. The second kappa shape index (κ2) is 8.68. The van der Waals surface area contributed by atoms with Gasteiger partial charge in [-0.3, -0.25) is 4.79 Å². The van der Waals surface area contributed by atoms with E-state index in [1.807, 2.05) is 32.0 Å². The number of amides is 1. The molecule has 0 saturated heterocycles. The summed E-state index contributed by atoms with van der Waals surface area (Å²) in [5.41, 5.74) is 2.01. The first-order valence-electron chi connectivity index (χ1n) is 8.39. The summed E-state index contributed by atoms with van der Waals surface area (Å²) in [7, 11) is 0. The van der Waals surface area contributed by atoms with Crippen LogP contribution < -0.4 is 10.6 Å². The van der Waals surface area contributed by atoms with Crippen molar-refractivity contribution in [2.75, 3.05) is 5.32 Å². The molecule has 1 aliphatic carbocycles. The van der Waals surface area contributed by atoms with Crippen LogP contribution in [-0.2, 0) is 4.79 Å². The Morgan fingerprint density at radius 2 is 1.82 bits per heavy atom. The van der Waals surface area contributed by atoms with Crippen molar-refractivity contribution in [3.8, 4) is 0 Å². The van der Waals surface area contributed by atoms with Crippen molar-refractivity contribution >= 4 is 27.5 Å². The Morgan fingerprint density at radius 3 is 2.45 bits per heavy atom. The lowest BCUT2D eigenvalue weighted by molar-refractivity contribution is -0.118. The Hall–Kier alpha value is -0.870. The molecule has 0 aromatic heterocycles. The minimum atomic E-state index is -0.169. The van der Waals surface area contributed by atoms with E-state index in [4.69, 9.17) is 0 Å². The molecule has 122 valence electrons. The molecule has 1 amide bonds. The number of rotatable bonds is 4. The third-order valence-electron chi connectivity index (χ3n) is 4.37. The molecular weight excluding hydrogens is 340 g/mol. The summed E-state index contributed by atoms with van der Waals surface area (Å²) < 4.78 is 0.930.